The van der Waals surface area contributed by atoms with Gasteiger partial charge in [0.25, 0.3) is 0 Å². The lowest BCUT2D eigenvalue weighted by molar-refractivity contribution is 0.0991. The topological polar surface area (TPSA) is 99.4 Å². The third-order valence-corrected chi connectivity index (χ3v) is 4.90. The average Bonchev–Trinajstić information content (AvgIpc) is 3.20. The van der Waals surface area contributed by atoms with E-state index in [1.165, 1.54) is 0 Å². The van der Waals surface area contributed by atoms with Crippen molar-refractivity contribution < 1.29 is 9.21 Å². The third kappa shape index (κ3) is 4.64. The van der Waals surface area contributed by atoms with Crippen molar-refractivity contribution in [1.82, 2.24) is 20.1 Å². The number of aromatic nitrogens is 3. The molecule has 1 aliphatic heterocycles. The van der Waals surface area contributed by atoms with E-state index in [1.54, 1.807) is 24.4 Å². The van der Waals surface area contributed by atoms with Gasteiger partial charge in [-0.3, -0.25) is 4.79 Å². The van der Waals surface area contributed by atoms with Crippen molar-refractivity contribution in [3.8, 4) is 0 Å². The molecule has 1 amide bonds. The van der Waals surface area contributed by atoms with Crippen molar-refractivity contribution in [1.29, 1.82) is 0 Å². The lowest BCUT2D eigenvalue weighted by atomic mass is 10.3. The Morgan fingerprint density at radius 1 is 1.10 bits per heavy atom. The first-order chi connectivity index (χ1) is 14.1. The Kier molecular flexibility index (Phi) is 5.59. The molecule has 2 aromatic heterocycles. The number of rotatable bonds is 5. The van der Waals surface area contributed by atoms with Crippen LogP contribution in [0.2, 0.25) is 5.02 Å². The molecule has 9 nitrogen and oxygen atoms in total. The number of nitrogens with one attached hydrogen (secondary N) is 2. The normalized spacial score (nSPS) is 14.6. The van der Waals surface area contributed by atoms with E-state index in [-0.39, 0.29) is 11.9 Å². The maximum atomic E-state index is 12.4. The van der Waals surface area contributed by atoms with E-state index in [1.807, 2.05) is 18.2 Å². The predicted molar refractivity (Wildman–Crippen MR) is 111 cm³/mol. The largest absolute Gasteiger partial charge is 0.399 e. The highest BCUT2D eigenvalue weighted by atomic mass is 35.5. The van der Waals surface area contributed by atoms with Gasteiger partial charge in [0.1, 0.15) is 5.82 Å². The molecule has 3 aromatic rings. The summed E-state index contributed by atoms with van der Waals surface area (Å²) in [6.07, 6.45) is 1.62. The predicted octanol–water partition coefficient (Wildman–Crippen LogP) is 2.87. The van der Waals surface area contributed by atoms with Crippen LogP contribution in [-0.2, 0) is 0 Å². The fourth-order valence-corrected chi connectivity index (χ4v) is 3.09. The quantitative estimate of drug-likeness (QED) is 0.658. The van der Waals surface area contributed by atoms with E-state index < -0.39 is 5.91 Å². The molecule has 0 bridgehead atoms. The number of piperazine rings is 1. The van der Waals surface area contributed by atoms with E-state index in [0.717, 1.165) is 32.0 Å². The van der Waals surface area contributed by atoms with Crippen LogP contribution >= 0.6 is 11.6 Å². The van der Waals surface area contributed by atoms with E-state index in [0.29, 0.717) is 16.4 Å². The zero-order valence-corrected chi connectivity index (χ0v) is 16.6. The average molecular weight is 414 g/mol. The second-order valence-electron chi connectivity index (χ2n) is 6.67. The summed E-state index contributed by atoms with van der Waals surface area (Å²) in [6, 6.07) is 10.9. The number of carbonyl (C=O) groups is 1. The van der Waals surface area contributed by atoms with Crippen LogP contribution in [-0.4, -0.2) is 59.2 Å². The number of benzene rings is 1. The van der Waals surface area contributed by atoms with Crippen molar-refractivity contribution in [2.24, 2.45) is 0 Å². The van der Waals surface area contributed by atoms with Crippen molar-refractivity contribution in [2.45, 2.75) is 0 Å². The Morgan fingerprint density at radius 2 is 1.90 bits per heavy atom. The Hall–Kier alpha value is -3.17. The first-order valence-corrected chi connectivity index (χ1v) is 9.52. The standard InChI is InChI=1S/C19H20ClN7O2/c1-26-8-10-27(11-9-26)16-7-6-13(12-21-16)22-17(28)18-24-25-19(29-18)23-15-5-3-2-4-14(15)20/h2-7,12H,8-11H2,1H3,(H,22,28)(H,23,25). The maximum Gasteiger partial charge on any atom is 0.320 e. The van der Waals surface area contributed by atoms with Gasteiger partial charge < -0.3 is 24.9 Å². The Bertz CT molecular complexity index is 984. The lowest BCUT2D eigenvalue weighted by Crippen LogP contribution is -2.44. The number of nitrogens with zero attached hydrogens (tertiary/aromatic N) is 5. The first-order valence-electron chi connectivity index (χ1n) is 9.14. The number of amides is 1. The zero-order valence-electron chi connectivity index (χ0n) is 15.8. The molecule has 0 spiro atoms. The van der Waals surface area contributed by atoms with Gasteiger partial charge in [0.15, 0.2) is 0 Å². The van der Waals surface area contributed by atoms with Crippen LogP contribution in [0.4, 0.5) is 23.2 Å². The van der Waals surface area contributed by atoms with Crippen LogP contribution in [0, 0.1) is 0 Å². The Balaban J connectivity index is 1.37. The molecule has 1 aromatic carbocycles. The van der Waals surface area contributed by atoms with Crippen LogP contribution in [0.15, 0.2) is 47.0 Å². The highest BCUT2D eigenvalue weighted by molar-refractivity contribution is 6.33. The van der Waals surface area contributed by atoms with Crippen LogP contribution in [0.5, 0.6) is 0 Å². The van der Waals surface area contributed by atoms with Crippen LogP contribution < -0.4 is 15.5 Å². The van der Waals surface area contributed by atoms with Gasteiger partial charge in [0.05, 0.1) is 22.6 Å². The molecule has 0 saturated carbocycles. The molecule has 0 atom stereocenters. The molecule has 4 rings (SSSR count). The molecule has 0 aliphatic carbocycles. The summed E-state index contributed by atoms with van der Waals surface area (Å²) in [5, 5.41) is 13.7. The van der Waals surface area contributed by atoms with Crippen LogP contribution in [0.25, 0.3) is 0 Å². The van der Waals surface area contributed by atoms with Gasteiger partial charge in [-0.1, -0.05) is 28.8 Å². The molecule has 0 unspecified atom stereocenters. The molecule has 1 saturated heterocycles. The van der Waals surface area contributed by atoms with E-state index in [2.05, 4.69) is 42.7 Å². The highest BCUT2D eigenvalue weighted by Crippen LogP contribution is 2.24. The molecule has 3 heterocycles. The minimum Gasteiger partial charge on any atom is -0.399 e. The van der Waals surface area contributed by atoms with Gasteiger partial charge >= 0.3 is 17.8 Å². The summed E-state index contributed by atoms with van der Waals surface area (Å²) in [5.41, 5.74) is 1.15. The zero-order chi connectivity index (χ0) is 20.2. The van der Waals surface area contributed by atoms with Crippen molar-refractivity contribution in [3.05, 3.63) is 53.5 Å². The maximum absolute atomic E-state index is 12.4. The molecule has 2 N–H and O–H groups in total. The minimum atomic E-state index is -0.515. The molecule has 0 radical (unpaired) electrons. The van der Waals surface area contributed by atoms with Gasteiger partial charge in [-0.15, -0.1) is 5.10 Å². The molecule has 29 heavy (non-hydrogen) atoms. The number of likely N-dealkylation sites (N-methyl/N-ethyl adjacent to an activating group) is 1. The third-order valence-electron chi connectivity index (χ3n) is 4.57. The Morgan fingerprint density at radius 3 is 2.62 bits per heavy atom. The second kappa shape index (κ2) is 8.46. The number of pyridine rings is 1. The summed E-state index contributed by atoms with van der Waals surface area (Å²) < 4.78 is 5.37. The molecule has 150 valence electrons. The summed E-state index contributed by atoms with van der Waals surface area (Å²) in [5.74, 6) is 0.210. The monoisotopic (exact) mass is 413 g/mol. The molecule has 1 aliphatic rings. The summed E-state index contributed by atoms with van der Waals surface area (Å²) >= 11 is 6.08. The summed E-state index contributed by atoms with van der Waals surface area (Å²) in [7, 11) is 2.11. The summed E-state index contributed by atoms with van der Waals surface area (Å²) in [4.78, 5) is 21.3. The van der Waals surface area contributed by atoms with Crippen LogP contribution in [0.3, 0.4) is 0 Å². The lowest BCUT2D eigenvalue weighted by Gasteiger charge is -2.33. The highest BCUT2D eigenvalue weighted by Gasteiger charge is 2.17. The van der Waals surface area contributed by atoms with Crippen molar-refractivity contribution in [3.63, 3.8) is 0 Å². The van der Waals surface area contributed by atoms with Gasteiger partial charge in [0.2, 0.25) is 0 Å². The molecular formula is C19H20ClN7O2. The molecule has 10 heteroatoms. The number of para-hydroxylation sites is 1. The SMILES string of the molecule is CN1CCN(c2ccc(NC(=O)c3nnc(Nc4ccccc4Cl)o3)cn2)CC1. The first kappa shape index (κ1) is 19.2. The molecule has 1 fully saturated rings. The van der Waals surface area contributed by atoms with Crippen LogP contribution in [0.1, 0.15) is 10.7 Å². The van der Waals surface area contributed by atoms with Crippen molar-refractivity contribution in [2.75, 3.05) is 48.8 Å². The number of halogens is 1. The van der Waals surface area contributed by atoms with Gasteiger partial charge in [-0.05, 0) is 31.3 Å². The van der Waals surface area contributed by atoms with Gasteiger partial charge in [-0.25, -0.2) is 4.98 Å². The van der Waals surface area contributed by atoms with Crippen molar-refractivity contribution >= 4 is 40.7 Å². The fraction of sp³-hybridized carbons (Fsp3) is 0.263. The van der Waals surface area contributed by atoms with Gasteiger partial charge in [0, 0.05) is 26.2 Å². The Labute approximate surface area is 172 Å². The summed E-state index contributed by atoms with van der Waals surface area (Å²) in [6.45, 7) is 3.86. The smallest absolute Gasteiger partial charge is 0.320 e. The minimum absolute atomic E-state index is 0.0757. The number of carbonyl (C=O) groups excluding carboxylic acids is 1. The number of hydrogen-bond acceptors (Lipinski definition) is 8. The second-order valence-corrected chi connectivity index (χ2v) is 7.07. The van der Waals surface area contributed by atoms with E-state index >= 15 is 0 Å². The van der Waals surface area contributed by atoms with E-state index in [4.69, 9.17) is 16.0 Å². The van der Waals surface area contributed by atoms with Gasteiger partial charge in [-0.2, -0.15) is 0 Å². The fourth-order valence-electron chi connectivity index (χ4n) is 2.91. The molecular weight excluding hydrogens is 394 g/mol. The van der Waals surface area contributed by atoms with E-state index in [9.17, 15) is 4.79 Å². The number of anilines is 4. The number of hydrogen-bond donors (Lipinski definition) is 2.